The third kappa shape index (κ3) is 10.2. The van der Waals surface area contributed by atoms with Crippen LogP contribution in [-0.2, 0) is 49.1 Å². The van der Waals surface area contributed by atoms with E-state index in [0.717, 1.165) is 42.0 Å². The normalized spacial score (nSPS) is 18.7. The van der Waals surface area contributed by atoms with Gasteiger partial charge in [-0.05, 0) is 94.6 Å². The van der Waals surface area contributed by atoms with Gasteiger partial charge in [0.15, 0.2) is 0 Å². The van der Waals surface area contributed by atoms with Gasteiger partial charge < -0.3 is 19.8 Å². The van der Waals surface area contributed by atoms with Crippen molar-refractivity contribution in [3.8, 4) is 0 Å². The van der Waals surface area contributed by atoms with Gasteiger partial charge in [0.2, 0.25) is 20.0 Å². The van der Waals surface area contributed by atoms with Gasteiger partial charge in [-0.25, -0.2) is 16.8 Å². The first-order valence-corrected chi connectivity index (χ1v) is 21.6. The summed E-state index contributed by atoms with van der Waals surface area (Å²) in [6.45, 7) is 24.6. The minimum Gasteiger partial charge on any atom is -0.548 e. The number of aliphatic carboxylic acids is 2. The Morgan fingerprint density at radius 3 is 0.962 bits per heavy atom. The molecule has 0 bridgehead atoms. The Hall–Kier alpha value is -2.18. The van der Waals surface area contributed by atoms with Crippen LogP contribution in [0.4, 0.5) is 0 Å². The van der Waals surface area contributed by atoms with E-state index in [-0.39, 0.29) is 68.1 Å². The van der Waals surface area contributed by atoms with Gasteiger partial charge in [0.05, 0.1) is 33.8 Å². The van der Waals surface area contributed by atoms with Crippen molar-refractivity contribution in [3.05, 3.63) is 57.6 Å². The second-order valence-electron chi connectivity index (χ2n) is 16.2. The molecule has 2 saturated heterocycles. The van der Waals surface area contributed by atoms with Crippen LogP contribution in [0.25, 0.3) is 0 Å². The third-order valence-corrected chi connectivity index (χ3v) is 14.3. The van der Waals surface area contributed by atoms with Gasteiger partial charge in [0.1, 0.15) is 0 Å². The Morgan fingerprint density at radius 1 is 0.528 bits per heavy atom. The Bertz CT molecular complexity index is 1640. The van der Waals surface area contributed by atoms with Crippen LogP contribution < -0.4 is 10.2 Å². The fraction of sp³-hybridized carbons (Fsp3) is 0.650. The number of hydrogen-bond donors (Lipinski definition) is 0. The molecule has 299 valence electrons. The minimum absolute atomic E-state index is 0. The van der Waals surface area contributed by atoms with E-state index < -0.39 is 44.1 Å². The summed E-state index contributed by atoms with van der Waals surface area (Å²) in [5.74, 6) is -2.02. The van der Waals surface area contributed by atoms with Gasteiger partial charge in [0, 0.05) is 13.1 Å². The molecule has 0 saturated carbocycles. The van der Waals surface area contributed by atoms with Crippen molar-refractivity contribution in [2.24, 2.45) is 0 Å². The van der Waals surface area contributed by atoms with E-state index in [1.807, 2.05) is 79.7 Å². The first-order valence-electron chi connectivity index (χ1n) is 18.8. The monoisotopic (exact) mass is 863 g/mol. The van der Waals surface area contributed by atoms with Crippen LogP contribution in [0, 0.1) is 0 Å². The SMILES string of the molecule is CC(C)c1cc(C(C)C)c(S(=O)(=O)N2CCC[C@H]2C(=O)[O-])c(C(C)C)c1.CC(C)c1cc(C(C)C)c(S(=O)(=O)N2CCC[C@H]2C(=O)[O-])c(C(C)C)c1.[Rh+2]. The molecule has 2 aromatic rings. The van der Waals surface area contributed by atoms with Crippen LogP contribution in [0.1, 0.15) is 178 Å². The van der Waals surface area contributed by atoms with Gasteiger partial charge in [-0.3, -0.25) is 0 Å². The van der Waals surface area contributed by atoms with Crippen LogP contribution in [0.15, 0.2) is 34.1 Å². The molecule has 2 aliphatic heterocycles. The van der Waals surface area contributed by atoms with Crippen LogP contribution in [-0.4, -0.2) is 62.6 Å². The molecule has 4 rings (SSSR count). The fourth-order valence-electron chi connectivity index (χ4n) is 7.14. The number of carbonyl (C=O) groups excluding carboxylic acids is 2. The molecule has 2 fully saturated rings. The summed E-state index contributed by atoms with van der Waals surface area (Å²) >= 11 is 0. The second kappa shape index (κ2) is 18.6. The molecule has 0 aliphatic carbocycles. The smallest absolute Gasteiger partial charge is 0.548 e. The minimum atomic E-state index is -3.91. The van der Waals surface area contributed by atoms with E-state index >= 15 is 0 Å². The summed E-state index contributed by atoms with van der Waals surface area (Å²) in [4.78, 5) is 23.5. The molecular weight excluding hydrogens is 803 g/mol. The van der Waals surface area contributed by atoms with Gasteiger partial charge in [-0.1, -0.05) is 107 Å². The van der Waals surface area contributed by atoms with E-state index in [4.69, 9.17) is 0 Å². The van der Waals surface area contributed by atoms with E-state index in [1.165, 1.54) is 0 Å². The molecule has 10 nitrogen and oxygen atoms in total. The summed E-state index contributed by atoms with van der Waals surface area (Å²) in [6.07, 6.45) is 1.69. The molecule has 2 heterocycles. The third-order valence-electron chi connectivity index (χ3n) is 10.2. The zero-order chi connectivity index (χ0) is 39.6. The molecule has 2 atom stereocenters. The molecule has 0 N–H and O–H groups in total. The van der Waals surface area contributed by atoms with Crippen LogP contribution in [0.2, 0.25) is 0 Å². The van der Waals surface area contributed by atoms with Crippen molar-refractivity contribution in [1.82, 2.24) is 8.61 Å². The van der Waals surface area contributed by atoms with Crippen molar-refractivity contribution in [3.63, 3.8) is 0 Å². The summed E-state index contributed by atoms with van der Waals surface area (Å²) in [6, 6.07) is 5.72. The van der Waals surface area contributed by atoms with Crippen LogP contribution in [0.3, 0.4) is 0 Å². The molecule has 53 heavy (non-hydrogen) atoms. The van der Waals surface area contributed by atoms with Crippen molar-refractivity contribution in [1.29, 1.82) is 0 Å². The first-order chi connectivity index (χ1) is 24.0. The Balaban J connectivity index is 0.000000360. The number of benzene rings is 2. The maximum Gasteiger partial charge on any atom is 2.00 e. The number of carboxylic acid groups (broad SMARTS) is 2. The van der Waals surface area contributed by atoms with E-state index in [9.17, 15) is 36.6 Å². The topological polar surface area (TPSA) is 155 Å². The number of nitrogens with zero attached hydrogens (tertiary/aromatic N) is 2. The average molecular weight is 864 g/mol. The molecule has 0 aromatic heterocycles. The Labute approximate surface area is 332 Å². The number of carboxylic acids is 2. The van der Waals surface area contributed by atoms with Crippen molar-refractivity contribution < 1.29 is 56.1 Å². The second-order valence-corrected chi connectivity index (χ2v) is 19.8. The van der Waals surface area contributed by atoms with Gasteiger partial charge in [-0.2, -0.15) is 8.61 Å². The summed E-state index contributed by atoms with van der Waals surface area (Å²) in [7, 11) is -7.83. The number of hydrogen-bond acceptors (Lipinski definition) is 8. The molecule has 1 radical (unpaired) electrons. The maximum absolute atomic E-state index is 13.5. The van der Waals surface area contributed by atoms with Crippen LogP contribution >= 0.6 is 0 Å². The quantitative estimate of drug-likeness (QED) is 0.239. The summed E-state index contributed by atoms with van der Waals surface area (Å²) < 4.78 is 56.3. The molecule has 0 unspecified atom stereocenters. The van der Waals surface area contributed by atoms with E-state index in [0.29, 0.717) is 35.5 Å². The van der Waals surface area contributed by atoms with Gasteiger partial charge in [-0.15, -0.1) is 0 Å². The van der Waals surface area contributed by atoms with Crippen molar-refractivity contribution >= 4 is 32.0 Å². The standard InChI is InChI=1S/2C20H31NO4S.Rh/c2*1-12(2)15-10-16(13(3)4)19(17(11-15)14(5)6)26(24,25)21-9-7-8-18(21)20(22)23;/h2*10-14,18H,7-9H2,1-6H3,(H,22,23);/q;;+2/p-2/t2*18-;/m00./s1. The molecule has 2 aliphatic rings. The first kappa shape index (κ1) is 47.0. The van der Waals surface area contributed by atoms with E-state index in [2.05, 4.69) is 27.7 Å². The van der Waals surface area contributed by atoms with Gasteiger partial charge in [0.25, 0.3) is 0 Å². The molecule has 13 heteroatoms. The zero-order valence-corrected chi connectivity index (χ0v) is 36.8. The van der Waals surface area contributed by atoms with Crippen molar-refractivity contribution in [2.75, 3.05) is 13.1 Å². The molecule has 0 amide bonds. The number of sulfonamides is 2. The fourth-order valence-corrected chi connectivity index (χ4v) is 11.8. The number of carbonyl (C=O) groups is 2. The summed E-state index contributed by atoms with van der Waals surface area (Å²) in [5.41, 5.74) is 5.28. The van der Waals surface area contributed by atoms with Gasteiger partial charge >= 0.3 is 19.5 Å². The predicted molar refractivity (Wildman–Crippen MR) is 201 cm³/mol. The molecular formula is C40H60N2O8RhS2. The molecule has 0 spiro atoms. The molecule has 2 aromatic carbocycles. The Kier molecular flexibility index (Phi) is 16.5. The predicted octanol–water partition coefficient (Wildman–Crippen LogP) is 5.92. The maximum atomic E-state index is 13.5. The Morgan fingerprint density at radius 2 is 0.774 bits per heavy atom. The zero-order valence-electron chi connectivity index (χ0n) is 33.5. The van der Waals surface area contributed by atoms with Crippen LogP contribution in [0.5, 0.6) is 0 Å². The summed E-state index contributed by atoms with van der Waals surface area (Å²) in [5, 5.41) is 22.9. The van der Waals surface area contributed by atoms with E-state index in [1.54, 1.807) is 0 Å². The average Bonchev–Trinajstić information content (AvgIpc) is 3.75. The van der Waals surface area contributed by atoms with Crippen molar-refractivity contribution in [2.45, 2.75) is 166 Å². The largest absolute Gasteiger partial charge is 2.00 e. The number of rotatable bonds is 12.